The van der Waals surface area contributed by atoms with Gasteiger partial charge in [0, 0.05) is 29.7 Å². The van der Waals surface area contributed by atoms with Gasteiger partial charge in [0.1, 0.15) is 5.84 Å². The standard InChI is InChI=1S/C50H41N5/c1-2-15-39(32-51)37-18-12-19-38(31-37)49(54-33-35-16-11-17-36(30-35)40-20-14-29-53-34-40)55-48(52)44-26-13-28-46-47(44)43-25-9-10-27-45(43)50(46,41-21-5-3-6-22-41)42-23-7-4-8-24-42/h2-32,34H,33,51H2,1H3,(H2,52,54,55)/b15-2-,39-32+. The van der Waals surface area contributed by atoms with Crippen LogP contribution >= 0.6 is 0 Å². The van der Waals surface area contributed by atoms with Gasteiger partial charge in [-0.2, -0.15) is 0 Å². The van der Waals surface area contributed by atoms with Crippen LogP contribution in [0.3, 0.4) is 0 Å². The number of nitrogens with two attached hydrogens (primary N) is 2. The largest absolute Gasteiger partial charge is 0.404 e. The summed E-state index contributed by atoms with van der Waals surface area (Å²) in [6.45, 7) is 2.38. The quantitative estimate of drug-likeness (QED) is 0.0887. The second-order valence-electron chi connectivity index (χ2n) is 13.5. The molecule has 0 aliphatic heterocycles. The van der Waals surface area contributed by atoms with Crippen LogP contribution in [0.5, 0.6) is 0 Å². The molecule has 1 heterocycles. The average molecular weight is 712 g/mol. The molecule has 0 amide bonds. The molecule has 0 saturated carbocycles. The van der Waals surface area contributed by atoms with Gasteiger partial charge in [-0.1, -0.05) is 158 Å². The molecule has 0 fully saturated rings. The van der Waals surface area contributed by atoms with Crippen LogP contribution in [0.25, 0.3) is 27.8 Å². The van der Waals surface area contributed by atoms with Gasteiger partial charge in [0.15, 0.2) is 5.84 Å². The molecule has 6 aromatic carbocycles. The van der Waals surface area contributed by atoms with Gasteiger partial charge in [0.2, 0.25) is 0 Å². The fraction of sp³-hybridized carbons (Fsp3) is 0.0600. The van der Waals surface area contributed by atoms with E-state index in [0.29, 0.717) is 18.2 Å². The number of rotatable bonds is 9. The summed E-state index contributed by atoms with van der Waals surface area (Å²) in [5.74, 6) is 0.920. The van der Waals surface area contributed by atoms with Crippen molar-refractivity contribution >= 4 is 17.2 Å². The smallest absolute Gasteiger partial charge is 0.157 e. The van der Waals surface area contributed by atoms with Crippen LogP contribution in [0.2, 0.25) is 0 Å². The number of hydrogen-bond donors (Lipinski definition) is 2. The SMILES string of the molecule is C/C=C\C(=C/N)c1cccc(C(=NCc2cccc(-c3cccnc3)c2)N=C(N)c2cccc3c2-c2ccccc2C3(c2ccccc2)c2ccccc2)c1. The molecule has 8 rings (SSSR count). The van der Waals surface area contributed by atoms with Crippen LogP contribution in [0.15, 0.2) is 205 Å². The van der Waals surface area contributed by atoms with E-state index in [-0.39, 0.29) is 0 Å². The number of hydrogen-bond acceptors (Lipinski definition) is 3. The minimum absolute atomic E-state index is 0.389. The predicted octanol–water partition coefficient (Wildman–Crippen LogP) is 10.3. The van der Waals surface area contributed by atoms with Crippen molar-refractivity contribution in [3.05, 3.63) is 239 Å². The molecule has 1 aliphatic rings. The number of pyridine rings is 1. The van der Waals surface area contributed by atoms with Crippen molar-refractivity contribution in [3.8, 4) is 22.3 Å². The Morgan fingerprint density at radius 1 is 0.673 bits per heavy atom. The van der Waals surface area contributed by atoms with Gasteiger partial charge in [0.25, 0.3) is 0 Å². The van der Waals surface area contributed by atoms with E-state index in [2.05, 4.69) is 145 Å². The molecule has 55 heavy (non-hydrogen) atoms. The lowest BCUT2D eigenvalue weighted by Crippen LogP contribution is -2.28. The molecular weight excluding hydrogens is 671 g/mol. The Balaban J connectivity index is 1.30. The molecule has 0 spiro atoms. The first-order chi connectivity index (χ1) is 27.1. The molecule has 1 aliphatic carbocycles. The maximum Gasteiger partial charge on any atom is 0.157 e. The average Bonchev–Trinajstić information content (AvgIpc) is 3.56. The van der Waals surface area contributed by atoms with Crippen molar-refractivity contribution < 1.29 is 0 Å². The van der Waals surface area contributed by atoms with Gasteiger partial charge in [0.05, 0.1) is 12.0 Å². The van der Waals surface area contributed by atoms with E-state index in [1.807, 2.05) is 49.5 Å². The van der Waals surface area contributed by atoms with E-state index in [1.54, 1.807) is 12.4 Å². The van der Waals surface area contributed by atoms with Crippen LogP contribution in [-0.2, 0) is 12.0 Å². The Bertz CT molecular complexity index is 2550. The number of benzene rings is 6. The second kappa shape index (κ2) is 15.5. The minimum atomic E-state index is -0.549. The Morgan fingerprint density at radius 3 is 2.07 bits per heavy atom. The maximum absolute atomic E-state index is 7.19. The number of allylic oxidation sites excluding steroid dienone is 3. The first-order valence-electron chi connectivity index (χ1n) is 18.5. The van der Waals surface area contributed by atoms with Crippen molar-refractivity contribution in [2.45, 2.75) is 18.9 Å². The molecule has 0 unspecified atom stereocenters. The third-order valence-electron chi connectivity index (χ3n) is 10.3. The van der Waals surface area contributed by atoms with Crippen LogP contribution in [0.1, 0.15) is 51.4 Å². The van der Waals surface area contributed by atoms with Gasteiger partial charge in [-0.25, -0.2) is 4.99 Å². The number of aromatic nitrogens is 1. The summed E-state index contributed by atoms with van der Waals surface area (Å²) in [7, 11) is 0. The maximum atomic E-state index is 7.19. The van der Waals surface area contributed by atoms with Gasteiger partial charge in [-0.05, 0) is 86.3 Å². The Kier molecular flexibility index (Phi) is 9.83. The van der Waals surface area contributed by atoms with E-state index in [0.717, 1.165) is 50.1 Å². The van der Waals surface area contributed by atoms with Crippen LogP contribution in [0, 0.1) is 0 Å². The molecule has 0 atom stereocenters. The van der Waals surface area contributed by atoms with Crippen LogP contribution in [0.4, 0.5) is 0 Å². The topological polar surface area (TPSA) is 89.6 Å². The van der Waals surface area contributed by atoms with Crippen molar-refractivity contribution in [1.82, 2.24) is 4.98 Å². The summed E-state index contributed by atoms with van der Waals surface area (Å²) in [5, 5.41) is 0. The lowest BCUT2D eigenvalue weighted by atomic mass is 9.67. The zero-order valence-corrected chi connectivity index (χ0v) is 30.7. The van der Waals surface area contributed by atoms with Gasteiger partial charge in [-0.15, -0.1) is 0 Å². The number of amidine groups is 2. The molecule has 7 aromatic rings. The minimum Gasteiger partial charge on any atom is -0.404 e. The highest BCUT2D eigenvalue weighted by atomic mass is 15.0. The van der Waals surface area contributed by atoms with Crippen molar-refractivity contribution in [2.24, 2.45) is 21.5 Å². The highest BCUT2D eigenvalue weighted by Crippen LogP contribution is 2.56. The van der Waals surface area contributed by atoms with Gasteiger partial charge < -0.3 is 11.5 Å². The van der Waals surface area contributed by atoms with Crippen molar-refractivity contribution in [1.29, 1.82) is 0 Å². The summed E-state index contributed by atoms with van der Waals surface area (Å²) >= 11 is 0. The molecular formula is C50H41N5. The highest BCUT2D eigenvalue weighted by Gasteiger charge is 2.46. The van der Waals surface area contributed by atoms with E-state index in [4.69, 9.17) is 21.5 Å². The summed E-state index contributed by atoms with van der Waals surface area (Å²) in [4.78, 5) is 14.7. The van der Waals surface area contributed by atoms with E-state index < -0.39 is 5.41 Å². The fourth-order valence-electron chi connectivity index (χ4n) is 7.89. The second-order valence-corrected chi connectivity index (χ2v) is 13.5. The Hall–Kier alpha value is -7.11. The third-order valence-corrected chi connectivity index (χ3v) is 10.3. The highest BCUT2D eigenvalue weighted by molar-refractivity contribution is 6.14. The summed E-state index contributed by atoms with van der Waals surface area (Å²) in [6.07, 6.45) is 9.25. The monoisotopic (exact) mass is 711 g/mol. The molecule has 0 bridgehead atoms. The van der Waals surface area contributed by atoms with Crippen LogP contribution in [-0.4, -0.2) is 16.7 Å². The molecule has 266 valence electrons. The first-order valence-corrected chi connectivity index (χ1v) is 18.5. The zero-order valence-electron chi connectivity index (χ0n) is 30.7. The van der Waals surface area contributed by atoms with Gasteiger partial charge >= 0.3 is 0 Å². The number of nitrogens with zero attached hydrogens (tertiary/aromatic N) is 3. The third kappa shape index (κ3) is 6.57. The molecule has 4 N–H and O–H groups in total. The van der Waals surface area contributed by atoms with Crippen LogP contribution < -0.4 is 11.5 Å². The molecule has 1 aromatic heterocycles. The van der Waals surface area contributed by atoms with Crippen molar-refractivity contribution in [2.75, 3.05) is 0 Å². The number of fused-ring (bicyclic) bond motifs is 3. The zero-order chi connectivity index (χ0) is 37.6. The van der Waals surface area contributed by atoms with E-state index in [1.165, 1.54) is 22.3 Å². The number of aliphatic imine (C=N–C) groups is 2. The summed E-state index contributed by atoms with van der Waals surface area (Å²) in [6, 6.07) is 57.1. The molecule has 0 radical (unpaired) electrons. The first kappa shape index (κ1) is 34.9. The van der Waals surface area contributed by atoms with E-state index in [9.17, 15) is 0 Å². The molecule has 5 heteroatoms. The molecule has 0 saturated heterocycles. The normalized spacial score (nSPS) is 13.8. The van der Waals surface area contributed by atoms with E-state index >= 15 is 0 Å². The Labute approximate surface area is 322 Å². The summed E-state index contributed by atoms with van der Waals surface area (Å²) < 4.78 is 0. The molecule has 5 nitrogen and oxygen atoms in total. The lowest BCUT2D eigenvalue weighted by Gasteiger charge is -2.33. The fourth-order valence-corrected chi connectivity index (χ4v) is 7.89. The van der Waals surface area contributed by atoms with Gasteiger partial charge in [-0.3, -0.25) is 9.98 Å². The van der Waals surface area contributed by atoms with Crippen molar-refractivity contribution in [3.63, 3.8) is 0 Å². The summed E-state index contributed by atoms with van der Waals surface area (Å²) in [5.41, 5.74) is 26.4. The lowest BCUT2D eigenvalue weighted by molar-refractivity contribution is 0.768. The Morgan fingerprint density at radius 2 is 1.35 bits per heavy atom. The predicted molar refractivity (Wildman–Crippen MR) is 228 cm³/mol.